The third-order valence-electron chi connectivity index (χ3n) is 13.2. The van der Waals surface area contributed by atoms with E-state index in [0.717, 1.165) is 0 Å². The summed E-state index contributed by atoms with van der Waals surface area (Å²) < 4.78 is 0. The molecule has 47 heavy (non-hydrogen) atoms. The molecule has 0 fully saturated rings. The van der Waals surface area contributed by atoms with Crippen molar-refractivity contribution in [3.05, 3.63) is 144 Å². The lowest BCUT2D eigenvalue weighted by Crippen LogP contribution is -2.30. The molecular weight excluding hydrogens is 565 g/mol. The van der Waals surface area contributed by atoms with E-state index in [-0.39, 0.29) is 0 Å². The maximum atomic E-state index is 2.62. The molecule has 0 amide bonds. The van der Waals surface area contributed by atoms with Crippen LogP contribution in [-0.2, 0) is 5.41 Å². The highest BCUT2D eigenvalue weighted by atomic mass is 14.5. The van der Waals surface area contributed by atoms with E-state index in [1.54, 1.807) is 0 Å². The summed E-state index contributed by atoms with van der Waals surface area (Å²) in [4.78, 5) is 0. The molecule has 2 aliphatic rings. The van der Waals surface area contributed by atoms with Gasteiger partial charge in [0.05, 0.1) is 5.41 Å². The van der Waals surface area contributed by atoms with Crippen LogP contribution >= 0.6 is 0 Å². The molecule has 6 aromatic rings. The van der Waals surface area contributed by atoms with Gasteiger partial charge in [-0.25, -0.2) is 0 Å². The number of hydrogen-bond acceptors (Lipinski definition) is 0. The minimum absolute atomic E-state index is 0.468. The van der Waals surface area contributed by atoms with Gasteiger partial charge in [-0.2, -0.15) is 0 Å². The van der Waals surface area contributed by atoms with Gasteiger partial charge < -0.3 is 0 Å². The first kappa shape index (κ1) is 29.9. The van der Waals surface area contributed by atoms with Gasteiger partial charge in [-0.15, -0.1) is 0 Å². The molecule has 0 saturated carbocycles. The average molecular weight is 611 g/mol. The topological polar surface area (TPSA) is 0 Å². The Morgan fingerprint density at radius 3 is 1.11 bits per heavy atom. The van der Waals surface area contributed by atoms with Crippen LogP contribution in [0.2, 0.25) is 0 Å². The lowest BCUT2D eigenvalue weighted by Gasteiger charge is -2.39. The normalized spacial score (nSPS) is 14.0. The summed E-state index contributed by atoms with van der Waals surface area (Å²) in [6.45, 7) is 28.5. The summed E-state index contributed by atoms with van der Waals surface area (Å²) >= 11 is 0. The molecule has 1 spiro atoms. The lowest BCUT2D eigenvalue weighted by atomic mass is 9.63. The highest BCUT2D eigenvalue weighted by Gasteiger charge is 2.49. The molecule has 2 aliphatic carbocycles. The molecule has 234 valence electrons. The Balaban J connectivity index is 1.78. The van der Waals surface area contributed by atoms with Crippen molar-refractivity contribution in [1.82, 2.24) is 0 Å². The van der Waals surface area contributed by atoms with E-state index in [0.29, 0.717) is 0 Å². The molecule has 0 bridgehead atoms. The van der Waals surface area contributed by atoms with E-state index in [4.69, 9.17) is 0 Å². The van der Waals surface area contributed by atoms with E-state index in [2.05, 4.69) is 144 Å². The second kappa shape index (κ2) is 9.80. The van der Waals surface area contributed by atoms with Crippen LogP contribution in [0.3, 0.4) is 0 Å². The predicted molar refractivity (Wildman–Crippen MR) is 205 cm³/mol. The van der Waals surface area contributed by atoms with Crippen molar-refractivity contribution in [3.63, 3.8) is 0 Å². The molecule has 6 aromatic carbocycles. The Labute approximate surface area is 281 Å². The zero-order valence-corrected chi connectivity index (χ0v) is 30.3. The van der Waals surface area contributed by atoms with Gasteiger partial charge in [0.1, 0.15) is 0 Å². The molecule has 0 aromatic heterocycles. The van der Waals surface area contributed by atoms with Crippen molar-refractivity contribution in [1.29, 1.82) is 0 Å². The maximum absolute atomic E-state index is 2.62. The van der Waals surface area contributed by atoms with Gasteiger partial charge >= 0.3 is 0 Å². The summed E-state index contributed by atoms with van der Waals surface area (Å²) in [6.07, 6.45) is 5.10. The van der Waals surface area contributed by atoms with Crippen molar-refractivity contribution in [2.75, 3.05) is 0 Å². The molecular formula is C47H46. The van der Waals surface area contributed by atoms with Crippen LogP contribution in [0.25, 0.3) is 49.9 Å². The SMILES string of the molecule is Cc1c(C)c(C)c2c(c1C)-c1c(C)c(C)c(C)c(C)c1C1(C=Cc3c1c1ccccc1c1ccccc31)c1c(C)c(C)c(C)c(C)c1-2. The molecule has 0 N–H and O–H groups in total. The van der Waals surface area contributed by atoms with Crippen LogP contribution in [0.4, 0.5) is 0 Å². The van der Waals surface area contributed by atoms with Gasteiger partial charge in [-0.3, -0.25) is 0 Å². The number of rotatable bonds is 0. The molecule has 0 radical (unpaired) electrons. The molecule has 0 heterocycles. The number of fused-ring (bicyclic) bond motifs is 14. The third kappa shape index (κ3) is 3.44. The molecule has 8 rings (SSSR count). The Kier molecular flexibility index (Phi) is 6.25. The fourth-order valence-corrected chi connectivity index (χ4v) is 9.77. The Morgan fingerprint density at radius 1 is 0.319 bits per heavy atom. The number of hydrogen-bond donors (Lipinski definition) is 0. The highest BCUT2D eigenvalue weighted by Crippen LogP contribution is 2.63. The summed E-state index contributed by atoms with van der Waals surface area (Å²) in [5.74, 6) is 0. The van der Waals surface area contributed by atoms with Gasteiger partial charge in [0.15, 0.2) is 0 Å². The number of benzene rings is 6. The van der Waals surface area contributed by atoms with Gasteiger partial charge in [-0.05, 0) is 216 Å². The Hall–Kier alpha value is -4.42. The largest absolute Gasteiger partial charge is 0.0665 e. The Morgan fingerprint density at radius 2 is 0.660 bits per heavy atom. The minimum Gasteiger partial charge on any atom is -0.0645 e. The first-order chi connectivity index (χ1) is 22.4. The van der Waals surface area contributed by atoms with E-state index in [1.165, 1.54) is 133 Å². The molecule has 0 unspecified atom stereocenters. The van der Waals surface area contributed by atoms with Crippen molar-refractivity contribution >= 4 is 27.6 Å². The van der Waals surface area contributed by atoms with Crippen molar-refractivity contribution in [2.24, 2.45) is 0 Å². The minimum atomic E-state index is -0.468. The van der Waals surface area contributed by atoms with Crippen molar-refractivity contribution in [2.45, 2.75) is 88.5 Å². The summed E-state index contributed by atoms with van der Waals surface area (Å²) in [6, 6.07) is 18.3. The molecule has 0 atom stereocenters. The summed E-state index contributed by atoms with van der Waals surface area (Å²) in [5.41, 5.74) is 28.1. The maximum Gasteiger partial charge on any atom is 0.0665 e. The van der Waals surface area contributed by atoms with Crippen LogP contribution in [0.15, 0.2) is 54.6 Å². The second-order valence-corrected chi connectivity index (χ2v) is 14.8. The quantitative estimate of drug-likeness (QED) is 0.150. The fourth-order valence-electron chi connectivity index (χ4n) is 9.77. The van der Waals surface area contributed by atoms with Gasteiger partial charge in [0.25, 0.3) is 0 Å². The van der Waals surface area contributed by atoms with Crippen LogP contribution in [0, 0.1) is 83.1 Å². The molecule has 0 nitrogen and oxygen atoms in total. The first-order valence-electron chi connectivity index (χ1n) is 17.3. The van der Waals surface area contributed by atoms with Crippen LogP contribution in [0.5, 0.6) is 0 Å². The summed E-state index contributed by atoms with van der Waals surface area (Å²) in [7, 11) is 0. The zero-order valence-electron chi connectivity index (χ0n) is 30.3. The Bertz CT molecular complexity index is 2350. The second-order valence-electron chi connectivity index (χ2n) is 14.8. The highest BCUT2D eigenvalue weighted by molar-refractivity contribution is 6.16. The predicted octanol–water partition coefficient (Wildman–Crippen LogP) is 12.7. The van der Waals surface area contributed by atoms with Crippen molar-refractivity contribution in [3.8, 4) is 22.3 Å². The van der Waals surface area contributed by atoms with Crippen molar-refractivity contribution < 1.29 is 0 Å². The van der Waals surface area contributed by atoms with Gasteiger partial charge in [-0.1, -0.05) is 60.7 Å². The zero-order chi connectivity index (χ0) is 33.4. The third-order valence-corrected chi connectivity index (χ3v) is 13.2. The number of allylic oxidation sites excluding steroid dienone is 1. The molecule has 0 aliphatic heterocycles. The van der Waals surface area contributed by atoms with Gasteiger partial charge in [0, 0.05) is 0 Å². The van der Waals surface area contributed by atoms with Crippen LogP contribution in [0.1, 0.15) is 89.0 Å². The molecule has 0 heteroatoms. The smallest absolute Gasteiger partial charge is 0.0645 e. The standard InChI is InChI=1S/C47H46/c1-23-24(2)30(8)41-40(29(23)7)42-31(9)25(3)27(5)33(11)44(42)47(45-34(12)28(6)26(4)32(10)43(41)45)22-21-39-37-19-14-13-17-35(37)36-18-15-16-20-38(36)46(39)47/h13-22H,1-12H3. The van der Waals surface area contributed by atoms with E-state index < -0.39 is 5.41 Å². The monoisotopic (exact) mass is 610 g/mol. The van der Waals surface area contributed by atoms with E-state index in [1.807, 2.05) is 0 Å². The van der Waals surface area contributed by atoms with E-state index in [9.17, 15) is 0 Å². The lowest BCUT2D eigenvalue weighted by molar-refractivity contribution is 0.785. The van der Waals surface area contributed by atoms with Crippen LogP contribution < -0.4 is 0 Å². The average Bonchev–Trinajstić information content (AvgIpc) is 3.42. The molecule has 0 saturated heterocycles. The van der Waals surface area contributed by atoms with Crippen LogP contribution in [-0.4, -0.2) is 0 Å². The van der Waals surface area contributed by atoms with E-state index >= 15 is 0 Å². The first-order valence-corrected chi connectivity index (χ1v) is 17.3. The van der Waals surface area contributed by atoms with Gasteiger partial charge in [0.2, 0.25) is 0 Å². The fraction of sp³-hybridized carbons (Fsp3) is 0.277. The summed E-state index contributed by atoms with van der Waals surface area (Å²) in [5, 5.41) is 5.38.